The van der Waals surface area contributed by atoms with Crippen molar-refractivity contribution in [3.05, 3.63) is 64.1 Å². The Labute approximate surface area is 170 Å². The summed E-state index contributed by atoms with van der Waals surface area (Å²) in [6.07, 6.45) is 7.27. The molecule has 0 N–H and O–H groups in total. The number of halogens is 1. The van der Waals surface area contributed by atoms with Gasteiger partial charge in [-0.3, -0.25) is 0 Å². The topological polar surface area (TPSA) is 30.8 Å². The largest absolute Gasteiger partial charge is 0.497 e. The lowest BCUT2D eigenvalue weighted by molar-refractivity contribution is 0.138. The fraction of sp³-hybridized carbons (Fsp3) is 0.435. The molecule has 0 aliphatic carbocycles. The Kier molecular flexibility index (Phi) is 7.33. The van der Waals surface area contributed by atoms with Gasteiger partial charge in [0.15, 0.2) is 0 Å². The number of rotatable bonds is 8. The maximum Gasteiger partial charge on any atom is 0.216 e. The van der Waals surface area contributed by atoms with E-state index in [9.17, 15) is 0 Å². The van der Waals surface area contributed by atoms with Crippen LogP contribution < -0.4 is 4.74 Å². The molecule has 0 spiro atoms. The molecule has 0 bridgehead atoms. The van der Waals surface area contributed by atoms with Crippen molar-refractivity contribution in [3.8, 4) is 5.75 Å². The van der Waals surface area contributed by atoms with Crippen molar-refractivity contribution in [2.24, 2.45) is 4.99 Å². The van der Waals surface area contributed by atoms with Gasteiger partial charge in [-0.2, -0.15) is 0 Å². The van der Waals surface area contributed by atoms with Gasteiger partial charge in [-0.05, 0) is 54.8 Å². The summed E-state index contributed by atoms with van der Waals surface area (Å²) in [5.74, 6) is 1.59. The van der Waals surface area contributed by atoms with Crippen LogP contribution >= 0.6 is 15.9 Å². The van der Waals surface area contributed by atoms with Crippen molar-refractivity contribution in [2.45, 2.75) is 57.6 Å². The van der Waals surface area contributed by atoms with E-state index in [1.165, 1.54) is 31.2 Å². The Morgan fingerprint density at radius 2 is 1.78 bits per heavy atom. The van der Waals surface area contributed by atoms with Crippen LogP contribution in [0.2, 0.25) is 0 Å². The summed E-state index contributed by atoms with van der Waals surface area (Å²) in [5.41, 5.74) is 2.25. The van der Waals surface area contributed by atoms with Gasteiger partial charge in [-0.25, -0.2) is 4.99 Å². The minimum Gasteiger partial charge on any atom is -0.497 e. The average molecular weight is 430 g/mol. The predicted molar refractivity (Wildman–Crippen MR) is 115 cm³/mol. The van der Waals surface area contributed by atoms with Gasteiger partial charge in [0.25, 0.3) is 0 Å². The van der Waals surface area contributed by atoms with E-state index in [4.69, 9.17) is 14.5 Å². The van der Waals surface area contributed by atoms with E-state index < -0.39 is 0 Å². The van der Waals surface area contributed by atoms with Gasteiger partial charge in [0, 0.05) is 16.5 Å². The fourth-order valence-corrected chi connectivity index (χ4v) is 3.69. The summed E-state index contributed by atoms with van der Waals surface area (Å²) in [4.78, 5) is 4.94. The molecule has 2 aromatic carbocycles. The van der Waals surface area contributed by atoms with Crippen LogP contribution in [0, 0.1) is 0 Å². The van der Waals surface area contributed by atoms with E-state index in [-0.39, 0.29) is 12.1 Å². The number of benzene rings is 2. The summed E-state index contributed by atoms with van der Waals surface area (Å²) >= 11 is 3.52. The van der Waals surface area contributed by atoms with E-state index >= 15 is 0 Å². The molecule has 2 aromatic rings. The molecule has 27 heavy (non-hydrogen) atoms. The van der Waals surface area contributed by atoms with Crippen molar-refractivity contribution in [2.75, 3.05) is 7.11 Å². The number of hydrogen-bond donors (Lipinski definition) is 0. The molecule has 4 heteroatoms. The van der Waals surface area contributed by atoms with Crippen molar-refractivity contribution in [1.29, 1.82) is 0 Å². The first kappa shape index (κ1) is 19.9. The molecule has 0 saturated carbocycles. The van der Waals surface area contributed by atoms with E-state index in [0.29, 0.717) is 0 Å². The lowest BCUT2D eigenvalue weighted by Gasteiger charge is -2.29. The number of aliphatic imine (C=N–C) groups is 1. The van der Waals surface area contributed by atoms with Crippen molar-refractivity contribution < 1.29 is 9.47 Å². The Morgan fingerprint density at radius 1 is 1.04 bits per heavy atom. The van der Waals surface area contributed by atoms with Gasteiger partial charge in [0.2, 0.25) is 5.90 Å². The van der Waals surface area contributed by atoms with Crippen LogP contribution in [0.15, 0.2) is 58.0 Å². The zero-order valence-corrected chi connectivity index (χ0v) is 17.7. The molecule has 0 radical (unpaired) electrons. The maximum absolute atomic E-state index is 6.30. The second kappa shape index (κ2) is 9.93. The lowest BCUT2D eigenvalue weighted by Crippen LogP contribution is -2.27. The first-order valence-corrected chi connectivity index (χ1v) is 10.6. The molecular weight excluding hydrogens is 402 g/mol. The molecule has 0 fully saturated rings. The number of unbranched alkanes of at least 4 members (excludes halogenated alkanes) is 3. The molecule has 1 heterocycles. The van der Waals surface area contributed by atoms with E-state index in [1.807, 2.05) is 24.3 Å². The van der Waals surface area contributed by atoms with Crippen LogP contribution in [0.3, 0.4) is 0 Å². The summed E-state index contributed by atoms with van der Waals surface area (Å²) in [7, 11) is 1.68. The van der Waals surface area contributed by atoms with Crippen LogP contribution in [0.1, 0.15) is 62.6 Å². The standard InChI is InChI=1S/C23H28BrNO2/c1-3-4-5-6-7-21-16-22(17-8-12-19(24)13-9-17)25-23(27-21)18-10-14-20(26-2)15-11-18/h8-15,21-22H,3-7,16H2,1-2H3/t21-,22+/m1/s1. The third-order valence-corrected chi connectivity index (χ3v) is 5.54. The van der Waals surface area contributed by atoms with Crippen LogP contribution in [0.5, 0.6) is 5.75 Å². The van der Waals surface area contributed by atoms with Gasteiger partial charge in [-0.1, -0.05) is 54.2 Å². The molecule has 1 aliphatic heterocycles. The van der Waals surface area contributed by atoms with Crippen LogP contribution in [-0.4, -0.2) is 19.1 Å². The second-order valence-electron chi connectivity index (χ2n) is 7.05. The number of methoxy groups -OCH3 is 1. The maximum atomic E-state index is 6.30. The quantitative estimate of drug-likeness (QED) is 0.436. The molecule has 144 valence electrons. The molecular formula is C23H28BrNO2. The van der Waals surface area contributed by atoms with Gasteiger partial charge in [-0.15, -0.1) is 0 Å². The zero-order valence-electron chi connectivity index (χ0n) is 16.2. The third kappa shape index (κ3) is 5.58. The lowest BCUT2D eigenvalue weighted by atomic mass is 9.96. The summed E-state index contributed by atoms with van der Waals surface area (Å²) < 4.78 is 12.7. The van der Waals surface area contributed by atoms with Crippen molar-refractivity contribution in [1.82, 2.24) is 0 Å². The van der Waals surface area contributed by atoms with Crippen LogP contribution in [-0.2, 0) is 4.74 Å². The highest BCUT2D eigenvalue weighted by molar-refractivity contribution is 9.10. The molecule has 1 aliphatic rings. The van der Waals surface area contributed by atoms with Gasteiger partial charge < -0.3 is 9.47 Å². The molecule has 0 aromatic heterocycles. The van der Waals surface area contributed by atoms with Gasteiger partial charge in [0.1, 0.15) is 11.9 Å². The first-order valence-electron chi connectivity index (χ1n) is 9.84. The average Bonchev–Trinajstić information content (AvgIpc) is 2.71. The smallest absolute Gasteiger partial charge is 0.216 e. The number of ether oxygens (including phenoxy) is 2. The monoisotopic (exact) mass is 429 g/mol. The normalized spacial score (nSPS) is 19.3. The second-order valence-corrected chi connectivity index (χ2v) is 7.97. The Morgan fingerprint density at radius 3 is 2.44 bits per heavy atom. The van der Waals surface area contributed by atoms with E-state index in [0.717, 1.165) is 34.5 Å². The zero-order chi connectivity index (χ0) is 19.1. The van der Waals surface area contributed by atoms with E-state index in [1.54, 1.807) is 7.11 Å². The number of nitrogens with zero attached hydrogens (tertiary/aromatic N) is 1. The molecule has 3 rings (SSSR count). The van der Waals surface area contributed by atoms with Gasteiger partial charge in [0.05, 0.1) is 13.2 Å². The van der Waals surface area contributed by atoms with E-state index in [2.05, 4.69) is 47.1 Å². The SMILES string of the molecule is CCCCCC[C@@H]1C[C@@H](c2ccc(Br)cc2)N=C(c2ccc(OC)cc2)O1. The fourth-order valence-electron chi connectivity index (χ4n) is 3.43. The predicted octanol–water partition coefficient (Wildman–Crippen LogP) is 6.70. The highest BCUT2D eigenvalue weighted by Crippen LogP contribution is 2.32. The minimum absolute atomic E-state index is 0.139. The van der Waals surface area contributed by atoms with Crippen LogP contribution in [0.25, 0.3) is 0 Å². The van der Waals surface area contributed by atoms with Gasteiger partial charge >= 0.3 is 0 Å². The highest BCUT2D eigenvalue weighted by atomic mass is 79.9. The third-order valence-electron chi connectivity index (χ3n) is 5.01. The van der Waals surface area contributed by atoms with Crippen molar-refractivity contribution in [3.63, 3.8) is 0 Å². The first-order chi connectivity index (χ1) is 13.2. The molecule has 0 amide bonds. The highest BCUT2D eigenvalue weighted by Gasteiger charge is 2.26. The Balaban J connectivity index is 1.80. The summed E-state index contributed by atoms with van der Waals surface area (Å²) in [5, 5.41) is 0. The minimum atomic E-state index is 0.139. The molecule has 0 unspecified atom stereocenters. The van der Waals surface area contributed by atoms with Crippen LogP contribution in [0.4, 0.5) is 0 Å². The molecule has 3 nitrogen and oxygen atoms in total. The Hall–Kier alpha value is -1.81. The summed E-state index contributed by atoms with van der Waals surface area (Å²) in [6.45, 7) is 2.25. The van der Waals surface area contributed by atoms with Crippen molar-refractivity contribution >= 4 is 21.8 Å². The summed E-state index contributed by atoms with van der Waals surface area (Å²) in [6, 6.07) is 16.6. The molecule has 0 saturated heterocycles. The number of hydrogen-bond acceptors (Lipinski definition) is 3. The Bertz CT molecular complexity index is 740. The molecule has 2 atom stereocenters.